The van der Waals surface area contributed by atoms with Crippen LogP contribution in [0, 0.1) is 0 Å². The van der Waals surface area contributed by atoms with Crippen molar-refractivity contribution in [2.24, 2.45) is 0 Å². The number of anilines is 1. The molecule has 0 aliphatic carbocycles. The summed E-state index contributed by atoms with van der Waals surface area (Å²) in [7, 11) is 0. The number of benzene rings is 1. The first-order valence-electron chi connectivity index (χ1n) is 8.58. The van der Waals surface area contributed by atoms with Gasteiger partial charge in [0.1, 0.15) is 17.3 Å². The summed E-state index contributed by atoms with van der Waals surface area (Å²) >= 11 is 0. The van der Waals surface area contributed by atoms with Crippen LogP contribution < -0.4 is 10.2 Å². The topological polar surface area (TPSA) is 85.7 Å². The van der Waals surface area contributed by atoms with Gasteiger partial charge in [0.15, 0.2) is 0 Å². The third kappa shape index (κ3) is 4.28. The van der Waals surface area contributed by atoms with Gasteiger partial charge in [-0.25, -0.2) is 4.98 Å². The Morgan fingerprint density at radius 1 is 1.24 bits per heavy atom. The number of nitrogens with zero attached hydrogens (tertiary/aromatic N) is 2. The van der Waals surface area contributed by atoms with Crippen LogP contribution in [0.25, 0.3) is 0 Å². The first-order valence-corrected chi connectivity index (χ1v) is 8.58. The van der Waals surface area contributed by atoms with Gasteiger partial charge in [-0.2, -0.15) is 0 Å². The predicted molar refractivity (Wildman–Crippen MR) is 95.8 cm³/mol. The predicted octanol–water partition coefficient (Wildman–Crippen LogP) is 1.72. The molecule has 2 aromatic rings. The van der Waals surface area contributed by atoms with Crippen LogP contribution in [0.2, 0.25) is 0 Å². The van der Waals surface area contributed by atoms with Crippen molar-refractivity contribution in [1.29, 1.82) is 0 Å². The maximum absolute atomic E-state index is 12.3. The fourth-order valence-electron chi connectivity index (χ4n) is 3.11. The summed E-state index contributed by atoms with van der Waals surface area (Å²) in [5, 5.41) is 21.6. The molecule has 0 radical (unpaired) electrons. The molecule has 0 spiro atoms. The van der Waals surface area contributed by atoms with E-state index < -0.39 is 0 Å². The van der Waals surface area contributed by atoms with E-state index in [1.807, 2.05) is 24.3 Å². The number of aliphatic hydroxyl groups excluding tert-OH is 1. The number of hydrogen-bond acceptors (Lipinski definition) is 5. The molecule has 6 heteroatoms. The second-order valence-corrected chi connectivity index (χ2v) is 6.23. The molecule has 1 amide bonds. The van der Waals surface area contributed by atoms with Gasteiger partial charge in [-0.05, 0) is 49.1 Å². The van der Waals surface area contributed by atoms with Crippen LogP contribution in [-0.4, -0.2) is 46.8 Å². The summed E-state index contributed by atoms with van der Waals surface area (Å²) < 4.78 is 0. The Hall–Kier alpha value is -2.60. The number of carbonyl (C=O) groups excluding carboxylic acids is 1. The lowest BCUT2D eigenvalue weighted by Gasteiger charge is -2.24. The second kappa shape index (κ2) is 7.98. The number of aliphatic hydroxyl groups is 1. The number of aromatic hydroxyl groups is 1. The molecule has 3 rings (SSSR count). The molecule has 3 N–H and O–H groups in total. The molecule has 132 valence electrons. The number of rotatable bonds is 6. The first-order chi connectivity index (χ1) is 12.2. The van der Waals surface area contributed by atoms with Crippen LogP contribution in [0.15, 0.2) is 42.5 Å². The standard InChI is InChI=1S/C19H23N3O3/c23-13-15-3-2-12-22(15)18-5-1-4-17(21-18)19(25)20-11-10-14-6-8-16(24)9-7-14/h1,4-9,15,23-24H,2-3,10-13H2,(H,20,25). The van der Waals surface area contributed by atoms with E-state index in [-0.39, 0.29) is 24.3 Å². The van der Waals surface area contributed by atoms with Gasteiger partial charge in [-0.15, -0.1) is 0 Å². The molecule has 1 aliphatic rings. The average Bonchev–Trinajstić information content (AvgIpc) is 3.12. The van der Waals surface area contributed by atoms with Crippen LogP contribution in [0.5, 0.6) is 5.75 Å². The summed E-state index contributed by atoms with van der Waals surface area (Å²) in [4.78, 5) is 18.8. The Morgan fingerprint density at radius 2 is 2.04 bits per heavy atom. The third-order valence-electron chi connectivity index (χ3n) is 4.48. The zero-order valence-electron chi connectivity index (χ0n) is 14.1. The van der Waals surface area contributed by atoms with Crippen molar-refractivity contribution in [2.45, 2.75) is 25.3 Å². The van der Waals surface area contributed by atoms with Crippen LogP contribution in [0.3, 0.4) is 0 Å². The van der Waals surface area contributed by atoms with Crippen LogP contribution in [0.4, 0.5) is 5.82 Å². The summed E-state index contributed by atoms with van der Waals surface area (Å²) in [6.45, 7) is 1.45. The van der Waals surface area contributed by atoms with Crippen LogP contribution >= 0.6 is 0 Å². The summed E-state index contributed by atoms with van der Waals surface area (Å²) in [6.07, 6.45) is 2.65. The Kier molecular flexibility index (Phi) is 5.50. The van der Waals surface area contributed by atoms with Crippen molar-refractivity contribution in [3.63, 3.8) is 0 Å². The molecule has 0 bridgehead atoms. The van der Waals surface area contributed by atoms with Crippen LogP contribution in [0.1, 0.15) is 28.9 Å². The number of hydrogen-bond donors (Lipinski definition) is 3. The lowest BCUT2D eigenvalue weighted by molar-refractivity contribution is 0.0949. The molecule has 1 aliphatic heterocycles. The fourth-order valence-corrected chi connectivity index (χ4v) is 3.11. The van der Waals surface area contributed by atoms with Crippen molar-refractivity contribution < 1.29 is 15.0 Å². The van der Waals surface area contributed by atoms with Crippen molar-refractivity contribution in [3.05, 3.63) is 53.7 Å². The quantitative estimate of drug-likeness (QED) is 0.745. The zero-order chi connectivity index (χ0) is 17.6. The SMILES string of the molecule is O=C(NCCc1ccc(O)cc1)c1cccc(N2CCCC2CO)n1. The minimum Gasteiger partial charge on any atom is -0.508 e. The van der Waals surface area contributed by atoms with E-state index in [1.165, 1.54) is 0 Å². The normalized spacial score (nSPS) is 16.8. The summed E-state index contributed by atoms with van der Waals surface area (Å²) in [6, 6.07) is 12.4. The fraction of sp³-hybridized carbons (Fsp3) is 0.368. The molecule has 1 fully saturated rings. The highest BCUT2D eigenvalue weighted by atomic mass is 16.3. The molecule has 1 saturated heterocycles. The van der Waals surface area contributed by atoms with E-state index in [0.29, 0.717) is 18.7 Å². The average molecular weight is 341 g/mol. The highest BCUT2D eigenvalue weighted by Gasteiger charge is 2.25. The Labute approximate surface area is 147 Å². The molecule has 25 heavy (non-hydrogen) atoms. The molecule has 6 nitrogen and oxygen atoms in total. The minimum atomic E-state index is -0.208. The third-order valence-corrected chi connectivity index (χ3v) is 4.48. The number of nitrogens with one attached hydrogen (secondary N) is 1. The van der Waals surface area contributed by atoms with Gasteiger partial charge in [0.05, 0.1) is 12.6 Å². The molecule has 0 saturated carbocycles. The van der Waals surface area contributed by atoms with Gasteiger partial charge >= 0.3 is 0 Å². The number of aromatic nitrogens is 1. The summed E-state index contributed by atoms with van der Waals surface area (Å²) in [5.74, 6) is 0.764. The Morgan fingerprint density at radius 3 is 2.80 bits per heavy atom. The van der Waals surface area contributed by atoms with Gasteiger partial charge in [-0.1, -0.05) is 18.2 Å². The smallest absolute Gasteiger partial charge is 0.269 e. The Balaban J connectivity index is 1.58. The van der Waals surface area contributed by atoms with E-state index in [1.54, 1.807) is 18.2 Å². The van der Waals surface area contributed by atoms with E-state index in [9.17, 15) is 15.0 Å². The maximum atomic E-state index is 12.3. The van der Waals surface area contributed by atoms with E-state index in [2.05, 4.69) is 15.2 Å². The minimum absolute atomic E-state index is 0.0836. The van der Waals surface area contributed by atoms with Crippen molar-refractivity contribution >= 4 is 11.7 Å². The molecule has 2 heterocycles. The van der Waals surface area contributed by atoms with E-state index in [0.717, 1.165) is 30.8 Å². The Bertz CT molecular complexity index is 718. The maximum Gasteiger partial charge on any atom is 0.269 e. The van der Waals surface area contributed by atoms with Gasteiger partial charge in [0, 0.05) is 13.1 Å². The van der Waals surface area contributed by atoms with Gasteiger partial charge in [0.25, 0.3) is 5.91 Å². The number of carbonyl (C=O) groups is 1. The van der Waals surface area contributed by atoms with E-state index in [4.69, 9.17) is 0 Å². The largest absolute Gasteiger partial charge is 0.508 e. The van der Waals surface area contributed by atoms with E-state index >= 15 is 0 Å². The summed E-state index contributed by atoms with van der Waals surface area (Å²) in [5.41, 5.74) is 1.43. The second-order valence-electron chi connectivity index (χ2n) is 6.23. The van der Waals surface area contributed by atoms with Crippen LogP contribution in [-0.2, 0) is 6.42 Å². The van der Waals surface area contributed by atoms with Crippen molar-refractivity contribution in [1.82, 2.24) is 10.3 Å². The molecule has 1 atom stereocenters. The lowest BCUT2D eigenvalue weighted by Crippen LogP contribution is -2.33. The molecular formula is C19H23N3O3. The van der Waals surface area contributed by atoms with Crippen molar-refractivity contribution in [2.75, 3.05) is 24.6 Å². The zero-order valence-corrected chi connectivity index (χ0v) is 14.1. The first kappa shape index (κ1) is 17.2. The number of amides is 1. The van der Waals surface area contributed by atoms with Gasteiger partial charge in [0.2, 0.25) is 0 Å². The molecule has 1 aromatic heterocycles. The molecular weight excluding hydrogens is 318 g/mol. The molecule has 1 aromatic carbocycles. The van der Waals surface area contributed by atoms with Crippen molar-refractivity contribution in [3.8, 4) is 5.75 Å². The van der Waals surface area contributed by atoms with Gasteiger partial charge < -0.3 is 20.4 Å². The highest BCUT2D eigenvalue weighted by molar-refractivity contribution is 5.92. The highest BCUT2D eigenvalue weighted by Crippen LogP contribution is 2.23. The number of pyridine rings is 1. The number of phenols is 1. The molecule has 1 unspecified atom stereocenters. The number of phenolic OH excluding ortho intramolecular Hbond substituents is 1. The van der Waals surface area contributed by atoms with Gasteiger partial charge in [-0.3, -0.25) is 4.79 Å². The lowest BCUT2D eigenvalue weighted by atomic mass is 10.1. The monoisotopic (exact) mass is 341 g/mol.